The highest BCUT2D eigenvalue weighted by Crippen LogP contribution is 2.37. The van der Waals surface area contributed by atoms with Crippen LogP contribution in [0.25, 0.3) is 10.9 Å². The molecule has 10 heteroatoms. The molecule has 0 unspecified atom stereocenters. The number of ether oxygens (including phenoxy) is 3. The lowest BCUT2D eigenvalue weighted by Gasteiger charge is -2.17. The van der Waals surface area contributed by atoms with Crippen LogP contribution in [0.4, 0.5) is 0 Å². The summed E-state index contributed by atoms with van der Waals surface area (Å²) in [7, 11) is 1.28. The molecular formula is C25H27BrClN3O5. The van der Waals surface area contributed by atoms with E-state index in [-0.39, 0.29) is 22.2 Å². The highest BCUT2D eigenvalue weighted by molar-refractivity contribution is 9.10. The average Bonchev–Trinajstić information content (AvgIpc) is 2.84. The van der Waals surface area contributed by atoms with Crippen molar-refractivity contribution in [1.82, 2.24) is 9.66 Å². The summed E-state index contributed by atoms with van der Waals surface area (Å²) in [4.78, 5) is 29.8. The highest BCUT2D eigenvalue weighted by Gasteiger charge is 2.21. The van der Waals surface area contributed by atoms with Gasteiger partial charge >= 0.3 is 5.97 Å². The fourth-order valence-corrected chi connectivity index (χ4v) is 3.96. The molecule has 0 aliphatic carbocycles. The van der Waals surface area contributed by atoms with Crippen LogP contribution in [0.5, 0.6) is 11.5 Å². The highest BCUT2D eigenvalue weighted by atomic mass is 79.9. The van der Waals surface area contributed by atoms with Gasteiger partial charge in [-0.1, -0.05) is 41.4 Å². The summed E-state index contributed by atoms with van der Waals surface area (Å²) in [6, 6.07) is 8.69. The lowest BCUT2D eigenvalue weighted by Crippen LogP contribution is -2.25. The van der Waals surface area contributed by atoms with E-state index in [0.717, 1.165) is 10.9 Å². The summed E-state index contributed by atoms with van der Waals surface area (Å²) in [6.45, 7) is 7.75. The van der Waals surface area contributed by atoms with Gasteiger partial charge in [0.25, 0.3) is 5.56 Å². The Morgan fingerprint density at radius 1 is 1.26 bits per heavy atom. The van der Waals surface area contributed by atoms with Gasteiger partial charge in [0.1, 0.15) is 5.82 Å². The van der Waals surface area contributed by atoms with Crippen molar-refractivity contribution in [3.63, 3.8) is 0 Å². The van der Waals surface area contributed by atoms with E-state index in [9.17, 15) is 9.59 Å². The molecule has 0 saturated heterocycles. The molecule has 0 spiro atoms. The van der Waals surface area contributed by atoms with Crippen LogP contribution in [-0.4, -0.2) is 41.7 Å². The van der Waals surface area contributed by atoms with Gasteiger partial charge in [-0.2, -0.15) is 9.78 Å². The number of rotatable bonds is 9. The number of benzene rings is 2. The monoisotopic (exact) mass is 563 g/mol. The van der Waals surface area contributed by atoms with Gasteiger partial charge in [-0.25, -0.2) is 9.78 Å². The Morgan fingerprint density at radius 3 is 2.66 bits per heavy atom. The van der Waals surface area contributed by atoms with Gasteiger partial charge < -0.3 is 14.2 Å². The van der Waals surface area contributed by atoms with Crippen molar-refractivity contribution >= 4 is 50.6 Å². The molecule has 1 heterocycles. The second kappa shape index (κ2) is 11.7. The number of esters is 1. The predicted octanol–water partition coefficient (Wildman–Crippen LogP) is 5.55. The summed E-state index contributed by atoms with van der Waals surface area (Å²) in [5, 5.41) is 5.15. The van der Waals surface area contributed by atoms with Crippen molar-refractivity contribution in [3.05, 3.63) is 61.6 Å². The van der Waals surface area contributed by atoms with Crippen molar-refractivity contribution in [2.75, 3.05) is 13.7 Å². The van der Waals surface area contributed by atoms with Crippen molar-refractivity contribution in [2.45, 2.75) is 46.1 Å². The van der Waals surface area contributed by atoms with Gasteiger partial charge in [0.2, 0.25) is 0 Å². The molecule has 0 radical (unpaired) electrons. The Balaban J connectivity index is 2.09. The third-order valence-corrected chi connectivity index (χ3v) is 6.14. The van der Waals surface area contributed by atoms with Gasteiger partial charge in [-0.05, 0) is 56.2 Å². The second-order valence-corrected chi connectivity index (χ2v) is 9.17. The number of aromatic nitrogens is 2. The first-order valence-corrected chi connectivity index (χ1v) is 12.3. The molecule has 0 bridgehead atoms. The number of fused-ring (bicyclic) bond motifs is 1. The van der Waals surface area contributed by atoms with Gasteiger partial charge in [0, 0.05) is 10.4 Å². The van der Waals surface area contributed by atoms with Crippen LogP contribution in [-0.2, 0) is 9.53 Å². The predicted molar refractivity (Wildman–Crippen MR) is 140 cm³/mol. The zero-order valence-electron chi connectivity index (χ0n) is 20.2. The van der Waals surface area contributed by atoms with E-state index in [2.05, 4.69) is 21.0 Å². The first-order valence-electron chi connectivity index (χ1n) is 11.2. The maximum atomic E-state index is 13.3. The van der Waals surface area contributed by atoms with Crippen LogP contribution in [0.3, 0.4) is 0 Å². The van der Waals surface area contributed by atoms with Crippen molar-refractivity contribution < 1.29 is 19.0 Å². The summed E-state index contributed by atoms with van der Waals surface area (Å²) in [5.74, 6) is 0.588. The van der Waals surface area contributed by atoms with Gasteiger partial charge in [-0.15, -0.1) is 0 Å². The quantitative estimate of drug-likeness (QED) is 0.250. The van der Waals surface area contributed by atoms with Crippen LogP contribution >= 0.6 is 27.5 Å². The molecule has 0 amide bonds. The number of hydrogen-bond acceptors (Lipinski definition) is 7. The normalized spacial score (nSPS) is 13.1. The minimum atomic E-state index is -0.879. The minimum Gasteiger partial charge on any atom is -0.490 e. The Bertz CT molecular complexity index is 1320. The van der Waals surface area contributed by atoms with Crippen LogP contribution in [0, 0.1) is 0 Å². The third kappa shape index (κ3) is 6.02. The van der Waals surface area contributed by atoms with Gasteiger partial charge in [0.05, 0.1) is 35.9 Å². The molecule has 0 N–H and O–H groups in total. The maximum Gasteiger partial charge on any atom is 0.346 e. The van der Waals surface area contributed by atoms with Crippen LogP contribution in [0.1, 0.15) is 51.4 Å². The van der Waals surface area contributed by atoms with E-state index in [1.54, 1.807) is 25.1 Å². The molecule has 0 aliphatic heterocycles. The standard InChI is InChI=1S/C25H27BrClN3O5/c1-6-14(3)23-29-20-9-8-17(26)12-18(20)24(31)30(23)28-13-16-10-19(27)22(21(11-16)34-7-2)35-15(4)25(32)33-5/h8-15H,6-7H2,1-5H3/t14-,15+/m0/s1. The smallest absolute Gasteiger partial charge is 0.346 e. The Hall–Kier alpha value is -2.91. The molecule has 8 nitrogen and oxygen atoms in total. The van der Waals surface area contributed by atoms with Crippen molar-refractivity contribution in [3.8, 4) is 11.5 Å². The van der Waals surface area contributed by atoms with E-state index in [1.807, 2.05) is 32.9 Å². The lowest BCUT2D eigenvalue weighted by atomic mass is 10.1. The number of carbonyl (C=O) groups is 1. The number of hydrogen-bond donors (Lipinski definition) is 0. The topological polar surface area (TPSA) is 92.0 Å². The molecule has 3 rings (SSSR count). The molecule has 0 aliphatic rings. The molecule has 1 aromatic heterocycles. The molecule has 2 aromatic carbocycles. The Morgan fingerprint density at radius 2 is 2.00 bits per heavy atom. The van der Waals surface area contributed by atoms with Crippen LogP contribution in [0.2, 0.25) is 5.02 Å². The molecular weight excluding hydrogens is 538 g/mol. The van der Waals surface area contributed by atoms with E-state index in [4.69, 9.17) is 30.8 Å². The lowest BCUT2D eigenvalue weighted by molar-refractivity contribution is -0.147. The molecule has 0 saturated carbocycles. The molecule has 3 aromatic rings. The minimum absolute atomic E-state index is 0.00561. The van der Waals surface area contributed by atoms with E-state index in [1.165, 1.54) is 18.0 Å². The molecule has 0 fully saturated rings. The molecule has 35 heavy (non-hydrogen) atoms. The van der Waals surface area contributed by atoms with Crippen molar-refractivity contribution in [2.24, 2.45) is 5.10 Å². The Labute approximate surface area is 217 Å². The van der Waals surface area contributed by atoms with Gasteiger partial charge in [-0.3, -0.25) is 4.79 Å². The molecule has 2 atom stereocenters. The first kappa shape index (κ1) is 26.7. The van der Waals surface area contributed by atoms with E-state index < -0.39 is 12.1 Å². The largest absolute Gasteiger partial charge is 0.490 e. The average molecular weight is 565 g/mol. The summed E-state index contributed by atoms with van der Waals surface area (Å²) >= 11 is 9.88. The van der Waals surface area contributed by atoms with E-state index >= 15 is 0 Å². The molecule has 186 valence electrons. The van der Waals surface area contributed by atoms with Crippen LogP contribution < -0.4 is 15.0 Å². The fraction of sp³-hybridized carbons (Fsp3) is 0.360. The first-order chi connectivity index (χ1) is 16.7. The van der Waals surface area contributed by atoms with Gasteiger partial charge in [0.15, 0.2) is 17.6 Å². The zero-order chi connectivity index (χ0) is 25.7. The summed E-state index contributed by atoms with van der Waals surface area (Å²) in [5.41, 5.74) is 0.918. The Kier molecular flexibility index (Phi) is 8.91. The van der Waals surface area contributed by atoms with Crippen molar-refractivity contribution in [1.29, 1.82) is 0 Å². The number of halogens is 2. The zero-order valence-corrected chi connectivity index (χ0v) is 22.5. The fourth-order valence-electron chi connectivity index (χ4n) is 3.33. The second-order valence-electron chi connectivity index (χ2n) is 7.85. The third-order valence-electron chi connectivity index (χ3n) is 5.37. The van der Waals surface area contributed by atoms with Crippen LogP contribution in [0.15, 0.2) is 44.7 Å². The SMILES string of the molecule is CCOc1cc(C=Nn2c([C@@H](C)CC)nc3ccc(Br)cc3c2=O)cc(Cl)c1O[C@H](C)C(=O)OC. The van der Waals surface area contributed by atoms with E-state index in [0.29, 0.717) is 34.6 Å². The summed E-state index contributed by atoms with van der Waals surface area (Å²) in [6.07, 6.45) is 1.42. The number of carbonyl (C=O) groups excluding carboxylic acids is 1. The summed E-state index contributed by atoms with van der Waals surface area (Å²) < 4.78 is 18.2. The number of nitrogens with zero attached hydrogens (tertiary/aromatic N) is 3. The number of methoxy groups -OCH3 is 1. The maximum absolute atomic E-state index is 13.3.